The topological polar surface area (TPSA) is 87.5 Å². The number of amides is 2. The molecule has 0 aromatic carbocycles. The summed E-state index contributed by atoms with van der Waals surface area (Å²) >= 11 is 0. The summed E-state index contributed by atoms with van der Waals surface area (Å²) in [6.07, 6.45) is 5.02. The van der Waals surface area contributed by atoms with Gasteiger partial charge in [-0.3, -0.25) is 9.48 Å². The molecule has 0 bridgehead atoms. The van der Waals surface area contributed by atoms with Crippen molar-refractivity contribution in [3.05, 3.63) is 12.4 Å². The lowest BCUT2D eigenvalue weighted by Crippen LogP contribution is -2.40. The van der Waals surface area contributed by atoms with Gasteiger partial charge in [0.25, 0.3) is 0 Å². The number of aliphatic carboxylic acids is 1. The summed E-state index contributed by atoms with van der Waals surface area (Å²) in [5.74, 6) is -1.00. The number of urea groups is 1. The number of rotatable bonds is 5. The zero-order valence-corrected chi connectivity index (χ0v) is 11.0. The van der Waals surface area contributed by atoms with Crippen molar-refractivity contribution in [1.29, 1.82) is 0 Å². The lowest BCUT2D eigenvalue weighted by atomic mass is 10.4. The summed E-state index contributed by atoms with van der Waals surface area (Å²) in [6, 6.07) is -0.117. The fraction of sp³-hybridized carbons (Fsp3) is 0.583. The van der Waals surface area contributed by atoms with Gasteiger partial charge in [-0.1, -0.05) is 0 Å². The summed E-state index contributed by atoms with van der Waals surface area (Å²) < 4.78 is 1.73. The Morgan fingerprint density at radius 3 is 2.74 bits per heavy atom. The normalized spacial score (nSPS) is 14.5. The first-order valence-electron chi connectivity index (χ1n) is 6.31. The van der Waals surface area contributed by atoms with E-state index in [0.717, 1.165) is 12.8 Å². The van der Waals surface area contributed by atoms with Crippen LogP contribution in [0.25, 0.3) is 0 Å². The van der Waals surface area contributed by atoms with Crippen LogP contribution in [0.15, 0.2) is 12.4 Å². The van der Waals surface area contributed by atoms with E-state index in [4.69, 9.17) is 5.11 Å². The van der Waals surface area contributed by atoms with Crippen molar-refractivity contribution in [3.8, 4) is 0 Å². The van der Waals surface area contributed by atoms with Crippen molar-refractivity contribution in [2.24, 2.45) is 0 Å². The van der Waals surface area contributed by atoms with Crippen molar-refractivity contribution in [1.82, 2.24) is 14.7 Å². The number of aromatic nitrogens is 2. The molecular weight excluding hydrogens is 248 g/mol. The number of hydrogen-bond donors (Lipinski definition) is 2. The minimum atomic E-state index is -1.00. The lowest BCUT2D eigenvalue weighted by molar-refractivity contribution is -0.137. The number of nitrogens with zero attached hydrogens (tertiary/aromatic N) is 3. The highest BCUT2D eigenvalue weighted by Gasteiger charge is 2.34. The number of carbonyl (C=O) groups excluding carboxylic acids is 1. The molecule has 1 aliphatic carbocycles. The molecule has 0 aliphatic heterocycles. The number of carboxylic acid groups (broad SMARTS) is 1. The van der Waals surface area contributed by atoms with E-state index in [1.54, 1.807) is 17.1 Å². The number of nitrogens with one attached hydrogen (secondary N) is 1. The first-order chi connectivity index (χ1) is 8.97. The number of carboxylic acids is 1. The van der Waals surface area contributed by atoms with Gasteiger partial charge in [-0.25, -0.2) is 4.79 Å². The SMILES string of the molecule is CC(C)n1cc(NC(=O)N(CC(=O)O)C2CC2)cn1. The van der Waals surface area contributed by atoms with Gasteiger partial charge in [0.2, 0.25) is 0 Å². The molecule has 0 radical (unpaired) electrons. The molecule has 0 unspecified atom stereocenters. The third-order valence-corrected chi connectivity index (χ3v) is 2.94. The molecule has 104 valence electrons. The molecular formula is C12H18N4O3. The molecule has 1 aromatic rings. The van der Waals surface area contributed by atoms with Crippen LogP contribution in [-0.2, 0) is 4.79 Å². The van der Waals surface area contributed by atoms with Crippen LogP contribution >= 0.6 is 0 Å². The Hall–Kier alpha value is -2.05. The highest BCUT2D eigenvalue weighted by atomic mass is 16.4. The van der Waals surface area contributed by atoms with Gasteiger partial charge in [-0.15, -0.1) is 0 Å². The van der Waals surface area contributed by atoms with Crippen LogP contribution in [0.3, 0.4) is 0 Å². The van der Waals surface area contributed by atoms with Crippen LogP contribution in [0.1, 0.15) is 32.7 Å². The molecule has 7 heteroatoms. The summed E-state index contributed by atoms with van der Waals surface area (Å²) in [5, 5.41) is 15.6. The average Bonchev–Trinajstić information content (AvgIpc) is 3.05. The third kappa shape index (κ3) is 3.46. The van der Waals surface area contributed by atoms with Gasteiger partial charge in [-0.05, 0) is 26.7 Å². The van der Waals surface area contributed by atoms with E-state index >= 15 is 0 Å². The zero-order valence-electron chi connectivity index (χ0n) is 11.0. The Kier molecular flexibility index (Phi) is 3.73. The van der Waals surface area contributed by atoms with E-state index in [9.17, 15) is 9.59 Å². The van der Waals surface area contributed by atoms with Gasteiger partial charge in [-0.2, -0.15) is 5.10 Å². The molecule has 1 saturated carbocycles. The highest BCUT2D eigenvalue weighted by molar-refractivity contribution is 5.91. The van der Waals surface area contributed by atoms with Crippen molar-refractivity contribution >= 4 is 17.7 Å². The van der Waals surface area contributed by atoms with E-state index in [2.05, 4.69) is 10.4 Å². The molecule has 1 aliphatic rings. The first-order valence-corrected chi connectivity index (χ1v) is 6.31. The van der Waals surface area contributed by atoms with Crippen LogP contribution < -0.4 is 5.32 Å². The van der Waals surface area contributed by atoms with E-state index in [0.29, 0.717) is 5.69 Å². The first kappa shape index (κ1) is 13.4. The fourth-order valence-corrected chi connectivity index (χ4v) is 1.78. The van der Waals surface area contributed by atoms with Crippen LogP contribution in [0.2, 0.25) is 0 Å². The second-order valence-corrected chi connectivity index (χ2v) is 4.99. The summed E-state index contributed by atoms with van der Waals surface area (Å²) in [5.41, 5.74) is 0.578. The van der Waals surface area contributed by atoms with Gasteiger partial charge in [0.15, 0.2) is 0 Å². The van der Waals surface area contributed by atoms with E-state index in [1.165, 1.54) is 4.90 Å². The van der Waals surface area contributed by atoms with Crippen molar-refractivity contribution in [3.63, 3.8) is 0 Å². The van der Waals surface area contributed by atoms with Crippen molar-refractivity contribution < 1.29 is 14.7 Å². The van der Waals surface area contributed by atoms with Crippen LogP contribution in [0.5, 0.6) is 0 Å². The highest BCUT2D eigenvalue weighted by Crippen LogP contribution is 2.27. The molecule has 1 fully saturated rings. The fourth-order valence-electron chi connectivity index (χ4n) is 1.78. The van der Waals surface area contributed by atoms with Crippen molar-refractivity contribution in [2.45, 2.75) is 38.8 Å². The minimum Gasteiger partial charge on any atom is -0.480 e. The second kappa shape index (κ2) is 5.29. The molecule has 19 heavy (non-hydrogen) atoms. The Labute approximate surface area is 111 Å². The Morgan fingerprint density at radius 1 is 1.58 bits per heavy atom. The summed E-state index contributed by atoms with van der Waals surface area (Å²) in [4.78, 5) is 24.1. The Balaban J connectivity index is 1.99. The lowest BCUT2D eigenvalue weighted by Gasteiger charge is -2.20. The predicted octanol–water partition coefficient (Wildman–Crippen LogP) is 1.54. The molecule has 0 spiro atoms. The smallest absolute Gasteiger partial charge is 0.323 e. The van der Waals surface area contributed by atoms with Gasteiger partial charge in [0.05, 0.1) is 11.9 Å². The molecule has 2 amide bonds. The van der Waals surface area contributed by atoms with Crippen LogP contribution in [0.4, 0.5) is 10.5 Å². The number of anilines is 1. The molecule has 7 nitrogen and oxygen atoms in total. The number of carbonyl (C=O) groups is 2. The Morgan fingerprint density at radius 2 is 2.26 bits per heavy atom. The predicted molar refractivity (Wildman–Crippen MR) is 69.0 cm³/mol. The molecule has 1 heterocycles. The molecule has 2 N–H and O–H groups in total. The van der Waals surface area contributed by atoms with E-state index in [1.807, 2.05) is 13.8 Å². The molecule has 0 saturated heterocycles. The monoisotopic (exact) mass is 266 g/mol. The van der Waals surface area contributed by atoms with Gasteiger partial charge in [0.1, 0.15) is 6.54 Å². The standard InChI is InChI=1S/C12H18N4O3/c1-8(2)16-6-9(5-13-16)14-12(19)15(7-11(17)18)10-3-4-10/h5-6,8,10H,3-4,7H2,1-2H3,(H,14,19)(H,17,18). The maximum Gasteiger partial charge on any atom is 0.323 e. The maximum absolute atomic E-state index is 12.0. The van der Waals surface area contributed by atoms with Crippen molar-refractivity contribution in [2.75, 3.05) is 11.9 Å². The van der Waals surface area contributed by atoms with E-state index in [-0.39, 0.29) is 24.7 Å². The summed E-state index contributed by atoms with van der Waals surface area (Å²) in [6.45, 7) is 3.70. The van der Waals surface area contributed by atoms with Gasteiger partial charge < -0.3 is 15.3 Å². The van der Waals surface area contributed by atoms with Gasteiger partial charge in [0, 0.05) is 18.3 Å². The largest absolute Gasteiger partial charge is 0.480 e. The van der Waals surface area contributed by atoms with Crippen LogP contribution in [0, 0.1) is 0 Å². The zero-order chi connectivity index (χ0) is 14.0. The second-order valence-electron chi connectivity index (χ2n) is 4.99. The third-order valence-electron chi connectivity index (χ3n) is 2.94. The van der Waals surface area contributed by atoms with Gasteiger partial charge >= 0.3 is 12.0 Å². The van der Waals surface area contributed by atoms with E-state index < -0.39 is 5.97 Å². The average molecular weight is 266 g/mol. The minimum absolute atomic E-state index is 0.0521. The maximum atomic E-state index is 12.0. The van der Waals surface area contributed by atoms with Crippen LogP contribution in [-0.4, -0.2) is 44.4 Å². The quantitative estimate of drug-likeness (QED) is 0.846. The Bertz CT molecular complexity index is 479. The number of hydrogen-bond acceptors (Lipinski definition) is 3. The summed E-state index contributed by atoms with van der Waals surface area (Å²) in [7, 11) is 0. The molecule has 1 aromatic heterocycles. The molecule has 0 atom stereocenters. The molecule has 2 rings (SSSR count).